The number of aliphatic carboxylic acids is 1. The summed E-state index contributed by atoms with van der Waals surface area (Å²) in [7, 11) is 0. The van der Waals surface area contributed by atoms with Gasteiger partial charge in [-0.15, -0.1) is 0 Å². The highest BCUT2D eigenvalue weighted by Crippen LogP contribution is 2.66. The number of rotatable bonds is 10. The molecule has 0 unspecified atom stereocenters. The van der Waals surface area contributed by atoms with Crippen molar-refractivity contribution in [2.75, 3.05) is 6.61 Å². The molecule has 4 rings (SSSR count). The molecule has 0 heterocycles. The fraction of sp³-hybridized carbons (Fsp3) is 0.774. The Kier molecular flexibility index (Phi) is 9.10. The lowest BCUT2D eigenvalue weighted by Crippen LogP contribution is -2.51. The number of carbonyl (C=O) groups excluding carboxylic acids is 3. The number of allylic oxidation sites excluding steroid dienone is 2. The Morgan fingerprint density at radius 3 is 2.50 bits per heavy atom. The highest BCUT2D eigenvalue weighted by Gasteiger charge is 2.59. The van der Waals surface area contributed by atoms with Crippen molar-refractivity contribution < 1.29 is 29.1 Å². The highest BCUT2D eigenvalue weighted by molar-refractivity contribution is 5.96. The molecule has 3 saturated carbocycles. The van der Waals surface area contributed by atoms with Crippen LogP contribution in [0.1, 0.15) is 98.8 Å². The summed E-state index contributed by atoms with van der Waals surface area (Å²) in [5.41, 5.74) is 2.57. The average molecular weight is 558 g/mol. The van der Waals surface area contributed by atoms with Crippen LogP contribution < -0.4 is 10.6 Å². The Morgan fingerprint density at radius 1 is 1.07 bits per heavy atom. The zero-order valence-electron chi connectivity index (χ0n) is 24.8. The van der Waals surface area contributed by atoms with Crippen molar-refractivity contribution in [1.82, 2.24) is 10.6 Å². The zero-order chi connectivity index (χ0) is 29.2. The van der Waals surface area contributed by atoms with Gasteiger partial charge in [-0.1, -0.05) is 37.9 Å². The zero-order valence-corrected chi connectivity index (χ0v) is 24.8. The molecule has 3 N–H and O–H groups in total. The summed E-state index contributed by atoms with van der Waals surface area (Å²) >= 11 is 0. The molecule has 40 heavy (non-hydrogen) atoms. The Labute approximate surface area is 237 Å². The molecule has 0 aromatic rings. The summed E-state index contributed by atoms with van der Waals surface area (Å²) in [5.74, 6) is 0.407. The summed E-state index contributed by atoms with van der Waals surface area (Å²) < 4.78 is 0. The molecule has 0 radical (unpaired) electrons. The maximum absolute atomic E-state index is 12.4. The summed E-state index contributed by atoms with van der Waals surface area (Å²) in [6, 6.07) is -1.87. The van der Waals surface area contributed by atoms with Crippen molar-refractivity contribution in [3.05, 3.63) is 11.6 Å². The Morgan fingerprint density at radius 2 is 1.82 bits per heavy atom. The molecule has 8 atom stereocenters. The lowest BCUT2D eigenvalue weighted by Gasteiger charge is -2.58. The summed E-state index contributed by atoms with van der Waals surface area (Å²) in [6.45, 7) is 9.61. The predicted molar refractivity (Wildman–Crippen MR) is 151 cm³/mol. The van der Waals surface area contributed by atoms with Crippen LogP contribution in [-0.2, 0) is 24.0 Å². The third kappa shape index (κ3) is 5.84. The lowest BCUT2D eigenvalue weighted by molar-refractivity contribution is -0.142. The smallest absolute Gasteiger partial charge is 0.326 e. The van der Waals surface area contributed by atoms with Gasteiger partial charge in [0.15, 0.2) is 6.61 Å². The van der Waals surface area contributed by atoms with E-state index in [1.54, 1.807) is 6.92 Å². The predicted octanol–water partition coefficient (Wildman–Crippen LogP) is 4.40. The second kappa shape index (κ2) is 12.0. The highest BCUT2D eigenvalue weighted by atomic mass is 16.6. The van der Waals surface area contributed by atoms with Crippen molar-refractivity contribution in [1.29, 1.82) is 0 Å². The topological polar surface area (TPSA) is 134 Å². The van der Waals surface area contributed by atoms with E-state index in [1.165, 1.54) is 25.3 Å². The molecule has 0 aromatic carbocycles. The summed E-state index contributed by atoms with van der Waals surface area (Å²) in [4.78, 5) is 53.7. The number of amides is 2. The van der Waals surface area contributed by atoms with Crippen molar-refractivity contribution in [2.45, 2.75) is 111 Å². The Hall–Kier alpha value is -2.71. The molecule has 9 heteroatoms. The van der Waals surface area contributed by atoms with E-state index in [0.717, 1.165) is 44.2 Å². The first-order valence-corrected chi connectivity index (χ1v) is 15.1. The minimum Gasteiger partial charge on any atom is -0.480 e. The van der Waals surface area contributed by atoms with Crippen LogP contribution in [-0.4, -0.2) is 53.1 Å². The van der Waals surface area contributed by atoms with Gasteiger partial charge in [-0.2, -0.15) is 0 Å². The first-order chi connectivity index (χ1) is 18.9. The van der Waals surface area contributed by atoms with Gasteiger partial charge in [0.25, 0.3) is 5.91 Å². The van der Waals surface area contributed by atoms with Crippen LogP contribution in [0.3, 0.4) is 0 Å². The molecule has 3 fully saturated rings. The van der Waals surface area contributed by atoms with Crippen molar-refractivity contribution >= 4 is 29.3 Å². The molecule has 0 spiro atoms. The van der Waals surface area contributed by atoms with Crippen molar-refractivity contribution in [3.63, 3.8) is 0 Å². The van der Waals surface area contributed by atoms with E-state index in [2.05, 4.69) is 35.7 Å². The number of nitrogens with zero attached hydrogens (tertiary/aromatic N) is 1. The number of carboxylic acid groups (broad SMARTS) is 1. The van der Waals surface area contributed by atoms with E-state index in [4.69, 9.17) is 4.84 Å². The van der Waals surface area contributed by atoms with Crippen LogP contribution >= 0.6 is 0 Å². The molecule has 2 amide bonds. The van der Waals surface area contributed by atoms with Crippen LogP contribution in [0.5, 0.6) is 0 Å². The average Bonchev–Trinajstić information content (AvgIpc) is 3.26. The number of carbonyl (C=O) groups is 4. The largest absolute Gasteiger partial charge is 0.480 e. The molecular formula is C31H47N3O6. The van der Waals surface area contributed by atoms with Crippen molar-refractivity contribution in [2.24, 2.45) is 39.7 Å². The molecule has 0 aliphatic heterocycles. The number of nitrogens with one attached hydrogen (secondary N) is 2. The number of fused-ring (bicyclic) bond motifs is 5. The molecule has 4 aliphatic rings. The number of carboxylic acids is 1. The summed E-state index contributed by atoms with van der Waals surface area (Å²) in [5, 5.41) is 18.5. The summed E-state index contributed by atoms with van der Waals surface area (Å²) in [6.07, 6.45) is 11.6. The minimum atomic E-state index is -1.10. The van der Waals surface area contributed by atoms with Gasteiger partial charge < -0.3 is 20.6 Å². The number of ketones is 1. The van der Waals surface area contributed by atoms with Crippen molar-refractivity contribution in [3.8, 4) is 0 Å². The van der Waals surface area contributed by atoms with Gasteiger partial charge in [0.05, 0.1) is 5.71 Å². The quantitative estimate of drug-likeness (QED) is 0.341. The van der Waals surface area contributed by atoms with Gasteiger partial charge in [-0.25, -0.2) is 4.79 Å². The van der Waals surface area contributed by atoms with E-state index in [-0.39, 0.29) is 23.4 Å². The molecule has 0 aromatic heterocycles. The van der Waals surface area contributed by atoms with E-state index < -0.39 is 29.9 Å². The monoisotopic (exact) mass is 557 g/mol. The van der Waals surface area contributed by atoms with Crippen LogP contribution in [0.4, 0.5) is 0 Å². The SMILES string of the molecule is CCC[C@H](NC(=O)[C@@H](C)NC(=O)CO/N=C1/C=C2CC[C@H]3[C@H]4CC[C@H](C(C)=O)[C@@]4(C)CC[C@H]3[C@@]2(C)CC1)C(=O)O. The fourth-order valence-electron chi connectivity index (χ4n) is 8.68. The Bertz CT molecular complexity index is 1080. The van der Waals surface area contributed by atoms with Crippen LogP contribution in [0.25, 0.3) is 0 Å². The van der Waals surface area contributed by atoms with E-state index in [0.29, 0.717) is 36.4 Å². The standard InChI is InChI=1S/C31H47N3O6/c1-6-7-26(29(38)39)33-28(37)18(2)32-27(36)17-40-34-21-12-14-30(4)20(16-21)8-9-22-24-11-10-23(19(3)35)31(24,5)15-13-25(22)30/h16,18,22-26H,6-15,17H2,1-5H3,(H,32,36)(H,33,37)(H,38,39)/b34-21+/t18-,22+,23-,24-,25-,26+,30+,31-/m1/s1. The number of hydrogen-bond acceptors (Lipinski definition) is 6. The van der Waals surface area contributed by atoms with Gasteiger partial charge in [-0.3, -0.25) is 14.4 Å². The molecule has 0 bridgehead atoms. The molecule has 9 nitrogen and oxygen atoms in total. The second-order valence-corrected chi connectivity index (χ2v) is 13.1. The maximum Gasteiger partial charge on any atom is 0.326 e. The normalized spacial score (nSPS) is 35.3. The number of hydrogen-bond donors (Lipinski definition) is 3. The van der Waals surface area contributed by atoms with Crippen LogP contribution in [0, 0.1) is 34.5 Å². The molecule has 0 saturated heterocycles. The lowest BCUT2D eigenvalue weighted by atomic mass is 9.46. The van der Waals surface area contributed by atoms with Gasteiger partial charge in [0.2, 0.25) is 5.91 Å². The van der Waals surface area contributed by atoms with E-state index in [9.17, 15) is 24.3 Å². The van der Waals surface area contributed by atoms with Gasteiger partial charge in [0, 0.05) is 5.92 Å². The van der Waals surface area contributed by atoms with E-state index >= 15 is 0 Å². The van der Waals surface area contributed by atoms with Gasteiger partial charge >= 0.3 is 5.97 Å². The third-order valence-corrected chi connectivity index (χ3v) is 10.8. The maximum atomic E-state index is 12.4. The second-order valence-electron chi connectivity index (χ2n) is 13.1. The van der Waals surface area contributed by atoms with Crippen LogP contribution in [0.2, 0.25) is 0 Å². The molecule has 4 aliphatic carbocycles. The first kappa shape index (κ1) is 30.3. The number of Topliss-reactive ketones (excluding diaryl/α,β-unsaturated/α-hetero) is 1. The molecule has 222 valence electrons. The van der Waals surface area contributed by atoms with Gasteiger partial charge in [0.1, 0.15) is 17.9 Å². The fourth-order valence-corrected chi connectivity index (χ4v) is 8.68. The Balaban J connectivity index is 1.31. The van der Waals surface area contributed by atoms with Gasteiger partial charge in [-0.05, 0) is 106 Å². The first-order valence-electron chi connectivity index (χ1n) is 15.1. The van der Waals surface area contributed by atoms with E-state index in [1.807, 2.05) is 6.92 Å². The minimum absolute atomic E-state index is 0.142. The molecular weight excluding hydrogens is 510 g/mol. The third-order valence-electron chi connectivity index (χ3n) is 10.8. The number of oxime groups is 1. The van der Waals surface area contributed by atoms with Crippen LogP contribution in [0.15, 0.2) is 16.8 Å².